The highest BCUT2D eigenvalue weighted by atomic mass is 79.9. The number of aliphatic hydroxyl groups excluding tert-OH is 1. The molecule has 3 heteroatoms. The molecule has 1 aromatic rings. The van der Waals surface area contributed by atoms with Gasteiger partial charge in [0.2, 0.25) is 0 Å². The zero-order valence-electron chi connectivity index (χ0n) is 8.42. The highest BCUT2D eigenvalue weighted by molar-refractivity contribution is 9.10. The van der Waals surface area contributed by atoms with Crippen molar-refractivity contribution in [2.24, 2.45) is 5.92 Å². The lowest BCUT2D eigenvalue weighted by molar-refractivity contribution is 0.118. The SMILES string of the molecule is OC(CC1CCC1)c1cc(Br)ccc1Cl. The summed E-state index contributed by atoms with van der Waals surface area (Å²) in [5, 5.41) is 10.7. The second kappa shape index (κ2) is 4.86. The summed E-state index contributed by atoms with van der Waals surface area (Å²) in [4.78, 5) is 0. The van der Waals surface area contributed by atoms with Crippen LogP contribution in [-0.2, 0) is 0 Å². The van der Waals surface area contributed by atoms with E-state index >= 15 is 0 Å². The van der Waals surface area contributed by atoms with Crippen molar-refractivity contribution >= 4 is 27.5 Å². The summed E-state index contributed by atoms with van der Waals surface area (Å²) in [6, 6.07) is 5.62. The van der Waals surface area contributed by atoms with Gasteiger partial charge in [0, 0.05) is 15.1 Å². The molecule has 1 nitrogen and oxygen atoms in total. The molecule has 0 aliphatic heterocycles. The quantitative estimate of drug-likeness (QED) is 0.878. The van der Waals surface area contributed by atoms with E-state index in [0.717, 1.165) is 16.5 Å². The molecule has 1 N–H and O–H groups in total. The van der Waals surface area contributed by atoms with Crippen LogP contribution in [0.4, 0.5) is 0 Å². The van der Waals surface area contributed by atoms with Crippen molar-refractivity contribution in [1.82, 2.24) is 0 Å². The van der Waals surface area contributed by atoms with Crippen molar-refractivity contribution in [3.63, 3.8) is 0 Å². The van der Waals surface area contributed by atoms with Crippen LogP contribution in [0.2, 0.25) is 5.02 Å². The van der Waals surface area contributed by atoms with Crippen LogP contribution in [0.3, 0.4) is 0 Å². The van der Waals surface area contributed by atoms with Gasteiger partial charge in [0.15, 0.2) is 0 Å². The Morgan fingerprint density at radius 3 is 2.80 bits per heavy atom. The smallest absolute Gasteiger partial charge is 0.0807 e. The number of halogens is 2. The van der Waals surface area contributed by atoms with Crippen molar-refractivity contribution in [3.05, 3.63) is 33.3 Å². The van der Waals surface area contributed by atoms with Gasteiger partial charge in [-0.05, 0) is 30.5 Å². The van der Waals surface area contributed by atoms with E-state index in [2.05, 4.69) is 15.9 Å². The monoisotopic (exact) mass is 288 g/mol. The lowest BCUT2D eigenvalue weighted by Gasteiger charge is -2.28. The Morgan fingerprint density at radius 2 is 2.20 bits per heavy atom. The van der Waals surface area contributed by atoms with Gasteiger partial charge < -0.3 is 5.11 Å². The first-order valence-electron chi connectivity index (χ1n) is 5.30. The third-order valence-corrected chi connectivity index (χ3v) is 3.94. The maximum atomic E-state index is 10.1. The average Bonchev–Trinajstić information content (AvgIpc) is 2.15. The minimum absolute atomic E-state index is 0.416. The first kappa shape index (κ1) is 11.4. The van der Waals surface area contributed by atoms with Gasteiger partial charge in [0.05, 0.1) is 6.10 Å². The van der Waals surface area contributed by atoms with E-state index in [0.29, 0.717) is 10.9 Å². The zero-order valence-corrected chi connectivity index (χ0v) is 10.8. The van der Waals surface area contributed by atoms with Gasteiger partial charge in [-0.25, -0.2) is 0 Å². The molecule has 0 heterocycles. The lowest BCUT2D eigenvalue weighted by Crippen LogP contribution is -2.15. The van der Waals surface area contributed by atoms with Crippen molar-refractivity contribution in [1.29, 1.82) is 0 Å². The second-order valence-electron chi connectivity index (χ2n) is 4.21. The topological polar surface area (TPSA) is 20.2 Å². The molecule has 1 atom stereocenters. The number of aliphatic hydroxyl groups is 1. The molecule has 0 radical (unpaired) electrons. The standard InChI is InChI=1S/C12H14BrClO/c13-9-4-5-11(14)10(7-9)12(15)6-8-2-1-3-8/h4-5,7-8,12,15H,1-3,6H2. The van der Waals surface area contributed by atoms with Crippen LogP contribution < -0.4 is 0 Å². The van der Waals surface area contributed by atoms with E-state index < -0.39 is 6.10 Å². The van der Waals surface area contributed by atoms with Crippen molar-refractivity contribution in [3.8, 4) is 0 Å². The van der Waals surface area contributed by atoms with E-state index in [-0.39, 0.29) is 0 Å². The molecule has 1 aliphatic carbocycles. The molecule has 0 bridgehead atoms. The maximum absolute atomic E-state index is 10.1. The fraction of sp³-hybridized carbons (Fsp3) is 0.500. The molecule has 0 amide bonds. The van der Waals surface area contributed by atoms with Crippen LogP contribution in [0.15, 0.2) is 22.7 Å². The van der Waals surface area contributed by atoms with Gasteiger partial charge in [-0.3, -0.25) is 0 Å². The lowest BCUT2D eigenvalue weighted by atomic mass is 9.80. The van der Waals surface area contributed by atoms with Gasteiger partial charge in [-0.1, -0.05) is 46.8 Å². The fourth-order valence-electron chi connectivity index (χ4n) is 1.94. The van der Waals surface area contributed by atoms with E-state index in [1.54, 1.807) is 0 Å². The molecule has 2 rings (SSSR count). The average molecular weight is 290 g/mol. The van der Waals surface area contributed by atoms with Gasteiger partial charge in [-0.15, -0.1) is 0 Å². The second-order valence-corrected chi connectivity index (χ2v) is 5.54. The molecule has 1 aromatic carbocycles. The molecule has 15 heavy (non-hydrogen) atoms. The molecule has 1 saturated carbocycles. The summed E-state index contributed by atoms with van der Waals surface area (Å²) in [5.41, 5.74) is 0.845. The van der Waals surface area contributed by atoms with Crippen LogP contribution in [0.5, 0.6) is 0 Å². The molecule has 0 spiro atoms. The Morgan fingerprint density at radius 1 is 1.47 bits per heavy atom. The van der Waals surface area contributed by atoms with Crippen LogP contribution in [-0.4, -0.2) is 5.11 Å². The maximum Gasteiger partial charge on any atom is 0.0807 e. The summed E-state index contributed by atoms with van der Waals surface area (Å²) in [7, 11) is 0. The van der Waals surface area contributed by atoms with E-state index in [4.69, 9.17) is 11.6 Å². The van der Waals surface area contributed by atoms with Crippen molar-refractivity contribution in [2.75, 3.05) is 0 Å². The number of hydrogen-bond acceptors (Lipinski definition) is 1. The molecule has 0 saturated heterocycles. The molecule has 1 aliphatic rings. The largest absolute Gasteiger partial charge is 0.388 e. The summed E-state index contributed by atoms with van der Waals surface area (Å²) in [5.74, 6) is 0.690. The fourth-order valence-corrected chi connectivity index (χ4v) is 2.56. The molecular formula is C12H14BrClO. The highest BCUT2D eigenvalue weighted by Crippen LogP contribution is 2.37. The minimum Gasteiger partial charge on any atom is -0.388 e. The van der Waals surface area contributed by atoms with Crippen LogP contribution >= 0.6 is 27.5 Å². The number of benzene rings is 1. The Kier molecular flexibility index (Phi) is 3.70. The predicted octanol–water partition coefficient (Wildman–Crippen LogP) is 4.33. The van der Waals surface area contributed by atoms with E-state index in [9.17, 15) is 5.11 Å². The van der Waals surface area contributed by atoms with Gasteiger partial charge >= 0.3 is 0 Å². The van der Waals surface area contributed by atoms with Gasteiger partial charge in [0.25, 0.3) is 0 Å². The predicted molar refractivity (Wildman–Crippen MR) is 66.1 cm³/mol. The van der Waals surface area contributed by atoms with Gasteiger partial charge in [0.1, 0.15) is 0 Å². The van der Waals surface area contributed by atoms with Crippen LogP contribution in [0.25, 0.3) is 0 Å². The van der Waals surface area contributed by atoms with Gasteiger partial charge in [-0.2, -0.15) is 0 Å². The van der Waals surface area contributed by atoms with Crippen LogP contribution in [0.1, 0.15) is 37.4 Å². The molecule has 82 valence electrons. The third kappa shape index (κ3) is 2.74. The number of rotatable bonds is 3. The molecule has 1 unspecified atom stereocenters. The summed E-state index contributed by atoms with van der Waals surface area (Å²) in [6.45, 7) is 0. The summed E-state index contributed by atoms with van der Waals surface area (Å²) in [6.07, 6.45) is 4.24. The summed E-state index contributed by atoms with van der Waals surface area (Å²) >= 11 is 9.45. The Balaban J connectivity index is 2.09. The Labute approximate surface area is 104 Å². The summed E-state index contributed by atoms with van der Waals surface area (Å²) < 4.78 is 0.967. The van der Waals surface area contributed by atoms with E-state index in [1.807, 2.05) is 18.2 Å². The first-order valence-corrected chi connectivity index (χ1v) is 6.47. The number of hydrogen-bond donors (Lipinski definition) is 1. The normalized spacial score (nSPS) is 18.6. The highest BCUT2D eigenvalue weighted by Gasteiger charge is 2.22. The first-order chi connectivity index (χ1) is 7.16. The van der Waals surface area contributed by atoms with Crippen LogP contribution in [0, 0.1) is 5.92 Å². The molecular weight excluding hydrogens is 275 g/mol. The van der Waals surface area contributed by atoms with E-state index in [1.165, 1.54) is 19.3 Å². The minimum atomic E-state index is -0.416. The molecule has 0 aromatic heterocycles. The zero-order chi connectivity index (χ0) is 10.8. The Bertz CT molecular complexity index is 349. The third-order valence-electron chi connectivity index (χ3n) is 3.10. The molecule has 1 fully saturated rings. The Hall–Kier alpha value is -0.0500. The van der Waals surface area contributed by atoms with Crippen molar-refractivity contribution < 1.29 is 5.11 Å². The van der Waals surface area contributed by atoms with Crippen molar-refractivity contribution in [2.45, 2.75) is 31.8 Å².